The van der Waals surface area contributed by atoms with E-state index in [4.69, 9.17) is 25.7 Å². The molecule has 2 aromatic rings. The fourth-order valence-electron chi connectivity index (χ4n) is 2.26. The Balaban J connectivity index is 1.88. The molecule has 2 aromatic carbocycles. The van der Waals surface area contributed by atoms with E-state index in [1.807, 2.05) is 31.2 Å². The van der Waals surface area contributed by atoms with Gasteiger partial charge in [0.15, 0.2) is 0 Å². The second-order valence-corrected chi connectivity index (χ2v) is 7.03. The first-order valence-electron chi connectivity index (χ1n) is 9.15. The molecule has 30 heavy (non-hydrogen) atoms. The molecule has 9 heteroatoms. The van der Waals surface area contributed by atoms with Crippen LogP contribution >= 0.6 is 0 Å². The zero-order valence-corrected chi connectivity index (χ0v) is 16.9. The number of nitrogens with one attached hydrogen (secondary N) is 1. The number of ether oxygens (including phenoxy) is 3. The summed E-state index contributed by atoms with van der Waals surface area (Å²) in [5.74, 6) is -0.497. The molecule has 6 N–H and O–H groups in total. The molecule has 0 aliphatic carbocycles. The summed E-state index contributed by atoms with van der Waals surface area (Å²) in [6, 6.07) is 13.7. The highest BCUT2D eigenvalue weighted by Gasteiger charge is 2.37. The van der Waals surface area contributed by atoms with E-state index in [1.165, 1.54) is 19.1 Å². The van der Waals surface area contributed by atoms with Crippen LogP contribution in [0.1, 0.15) is 18.1 Å². The molecule has 160 valence electrons. The zero-order valence-electron chi connectivity index (χ0n) is 16.9. The third-order valence-electron chi connectivity index (χ3n) is 4.18. The average Bonchev–Trinajstić information content (AvgIpc) is 2.72. The monoisotopic (exact) mass is 416 g/mol. The highest BCUT2D eigenvalue weighted by Crippen LogP contribution is 2.22. The van der Waals surface area contributed by atoms with Gasteiger partial charge < -0.3 is 19.3 Å². The van der Waals surface area contributed by atoms with Crippen LogP contribution in [0, 0.1) is 12.3 Å². The molecule has 0 amide bonds. The number of aliphatic hydroxyl groups excluding tert-OH is 1. The van der Waals surface area contributed by atoms with E-state index in [1.54, 1.807) is 12.1 Å². The van der Waals surface area contributed by atoms with Gasteiger partial charge in [-0.05, 0) is 43.7 Å². The Morgan fingerprint density at radius 2 is 1.67 bits per heavy atom. The number of hydrogen-bond acceptors (Lipinski definition) is 6. The van der Waals surface area contributed by atoms with Gasteiger partial charge in [0.05, 0.1) is 12.3 Å². The van der Waals surface area contributed by atoms with Crippen molar-refractivity contribution >= 4 is 23.8 Å². The minimum absolute atomic E-state index is 0.0269. The van der Waals surface area contributed by atoms with Crippen molar-refractivity contribution in [3.05, 3.63) is 59.7 Å². The molecule has 0 radical (unpaired) electrons. The predicted octanol–water partition coefficient (Wildman–Crippen LogP) is 0.238. The molecule has 0 saturated carbocycles. The van der Waals surface area contributed by atoms with E-state index in [0.717, 1.165) is 11.1 Å². The Morgan fingerprint density at radius 3 is 2.23 bits per heavy atom. The SMILES string of the molecule is Cc1ccc(COC(=O)OCC(C)(CO)C(=O)Oc2ccc([NH+]=C(N)N)cc2)cc1. The van der Waals surface area contributed by atoms with Gasteiger partial charge in [0.2, 0.25) is 0 Å². The summed E-state index contributed by atoms with van der Waals surface area (Å²) in [4.78, 5) is 27.0. The molecule has 0 saturated heterocycles. The van der Waals surface area contributed by atoms with Crippen LogP contribution in [0.15, 0.2) is 48.5 Å². The number of carbonyl (C=O) groups is 2. The van der Waals surface area contributed by atoms with E-state index in [0.29, 0.717) is 5.69 Å². The molecule has 0 heterocycles. The number of rotatable bonds is 8. The fraction of sp³-hybridized carbons (Fsp3) is 0.286. The van der Waals surface area contributed by atoms with Crippen LogP contribution in [0.5, 0.6) is 5.75 Å². The fourth-order valence-corrected chi connectivity index (χ4v) is 2.26. The van der Waals surface area contributed by atoms with E-state index >= 15 is 0 Å². The summed E-state index contributed by atoms with van der Waals surface area (Å²) in [5.41, 5.74) is 11.7. The smallest absolute Gasteiger partial charge is 0.433 e. The number of carbonyl (C=O) groups excluding carboxylic acids is 2. The van der Waals surface area contributed by atoms with E-state index in [-0.39, 0.29) is 18.3 Å². The minimum atomic E-state index is -1.46. The molecule has 0 aliphatic rings. The van der Waals surface area contributed by atoms with Crippen molar-refractivity contribution in [2.75, 3.05) is 13.2 Å². The van der Waals surface area contributed by atoms with E-state index in [9.17, 15) is 14.7 Å². The first kappa shape index (κ1) is 22.7. The quantitative estimate of drug-likeness (QED) is 0.207. The Bertz CT molecular complexity index is 892. The van der Waals surface area contributed by atoms with Gasteiger partial charge in [-0.25, -0.2) is 9.79 Å². The van der Waals surface area contributed by atoms with Crippen LogP contribution in [0.3, 0.4) is 0 Å². The third-order valence-corrected chi connectivity index (χ3v) is 4.18. The maximum absolute atomic E-state index is 12.5. The van der Waals surface area contributed by atoms with Crippen LogP contribution in [-0.4, -0.2) is 36.4 Å². The molecule has 0 aromatic heterocycles. The van der Waals surface area contributed by atoms with Gasteiger partial charge >= 0.3 is 18.1 Å². The highest BCUT2D eigenvalue weighted by molar-refractivity contribution is 5.79. The average molecular weight is 416 g/mol. The van der Waals surface area contributed by atoms with Crippen molar-refractivity contribution < 1.29 is 33.9 Å². The Morgan fingerprint density at radius 1 is 1.03 bits per heavy atom. The first-order valence-corrected chi connectivity index (χ1v) is 9.15. The molecular formula is C21H26N3O6+. The first-order chi connectivity index (χ1) is 14.2. The largest absolute Gasteiger partial charge is 0.508 e. The van der Waals surface area contributed by atoms with Crippen LogP contribution in [-0.2, 0) is 20.9 Å². The number of hydrogen-bond donors (Lipinski definition) is 4. The molecular weight excluding hydrogens is 390 g/mol. The lowest BCUT2D eigenvalue weighted by atomic mass is 9.93. The Kier molecular flexibility index (Phi) is 7.76. The number of nitrogens with two attached hydrogens (primary N) is 2. The predicted molar refractivity (Wildman–Crippen MR) is 109 cm³/mol. The standard InChI is InChI=1S/C21H25N3O6/c1-14-3-5-15(6-4-14)11-28-20(27)29-13-21(2,12-25)18(26)30-17-9-7-16(8-10-17)24-19(22)23/h3-10,25H,11-13H2,1-2H3,(H4,22,23,24)/p+1. The van der Waals surface area contributed by atoms with Gasteiger partial charge in [0, 0.05) is 0 Å². The van der Waals surface area contributed by atoms with Gasteiger partial charge in [-0.2, -0.15) is 0 Å². The van der Waals surface area contributed by atoms with Gasteiger partial charge in [0.1, 0.15) is 24.4 Å². The van der Waals surface area contributed by atoms with Crippen LogP contribution in [0.2, 0.25) is 0 Å². The lowest BCUT2D eigenvalue weighted by Crippen LogP contribution is -2.72. The van der Waals surface area contributed by atoms with Crippen molar-refractivity contribution in [1.29, 1.82) is 0 Å². The van der Waals surface area contributed by atoms with Crippen molar-refractivity contribution in [3.8, 4) is 5.75 Å². The number of benzene rings is 2. The molecule has 0 bridgehead atoms. The lowest BCUT2D eigenvalue weighted by molar-refractivity contribution is -0.356. The normalized spacial score (nSPS) is 12.4. The maximum atomic E-state index is 12.5. The van der Waals surface area contributed by atoms with Crippen molar-refractivity contribution in [1.82, 2.24) is 0 Å². The number of guanidine groups is 1. The Labute approximate surface area is 174 Å². The van der Waals surface area contributed by atoms with Crippen molar-refractivity contribution in [2.45, 2.75) is 20.5 Å². The summed E-state index contributed by atoms with van der Waals surface area (Å²) < 4.78 is 15.3. The van der Waals surface area contributed by atoms with Gasteiger partial charge in [-0.15, -0.1) is 0 Å². The van der Waals surface area contributed by atoms with Gasteiger partial charge in [0.25, 0.3) is 0 Å². The zero-order chi connectivity index (χ0) is 22.1. The second kappa shape index (κ2) is 10.3. The number of aliphatic hydroxyl groups is 1. The highest BCUT2D eigenvalue weighted by atomic mass is 16.7. The Hall–Kier alpha value is -3.59. The summed E-state index contributed by atoms with van der Waals surface area (Å²) in [7, 11) is 0. The van der Waals surface area contributed by atoms with Crippen LogP contribution < -0.4 is 21.2 Å². The number of esters is 1. The number of aryl methyl sites for hydroxylation is 1. The second-order valence-electron chi connectivity index (χ2n) is 7.03. The summed E-state index contributed by atoms with van der Waals surface area (Å²) in [6.45, 7) is 2.41. The van der Waals surface area contributed by atoms with E-state index < -0.39 is 30.8 Å². The molecule has 0 aliphatic heterocycles. The van der Waals surface area contributed by atoms with Crippen molar-refractivity contribution in [2.24, 2.45) is 16.9 Å². The molecule has 1 unspecified atom stereocenters. The van der Waals surface area contributed by atoms with Crippen molar-refractivity contribution in [3.63, 3.8) is 0 Å². The molecule has 9 nitrogen and oxygen atoms in total. The maximum Gasteiger partial charge on any atom is 0.508 e. The molecule has 2 rings (SSSR count). The summed E-state index contributed by atoms with van der Waals surface area (Å²) in [6.07, 6.45) is -0.950. The van der Waals surface area contributed by atoms with Crippen LogP contribution in [0.25, 0.3) is 0 Å². The van der Waals surface area contributed by atoms with Gasteiger partial charge in [-0.1, -0.05) is 29.8 Å². The summed E-state index contributed by atoms with van der Waals surface area (Å²) in [5, 5.41) is 9.65. The minimum Gasteiger partial charge on any atom is -0.433 e. The molecule has 0 fully saturated rings. The molecule has 1 atom stereocenters. The third kappa shape index (κ3) is 6.78. The van der Waals surface area contributed by atoms with Gasteiger partial charge in [-0.3, -0.25) is 16.3 Å². The topological polar surface area (TPSA) is 148 Å². The lowest BCUT2D eigenvalue weighted by Gasteiger charge is -2.24. The van der Waals surface area contributed by atoms with E-state index in [2.05, 4.69) is 4.99 Å². The summed E-state index contributed by atoms with van der Waals surface area (Å²) >= 11 is 0. The van der Waals surface area contributed by atoms with Crippen LogP contribution in [0.4, 0.5) is 10.5 Å². The molecule has 0 spiro atoms.